The molecule has 0 unspecified atom stereocenters. The maximum atomic E-state index is 11.4. The Morgan fingerprint density at radius 1 is 1.50 bits per heavy atom. The number of rotatable bonds is 6. The predicted molar refractivity (Wildman–Crippen MR) is 60.7 cm³/mol. The lowest BCUT2D eigenvalue weighted by Crippen LogP contribution is -2.45. The van der Waals surface area contributed by atoms with Crippen molar-refractivity contribution in [3.63, 3.8) is 0 Å². The molecule has 18 heavy (non-hydrogen) atoms. The summed E-state index contributed by atoms with van der Waals surface area (Å²) in [7, 11) is 0. The highest BCUT2D eigenvalue weighted by molar-refractivity contribution is 5.82. The summed E-state index contributed by atoms with van der Waals surface area (Å²) >= 11 is 0. The van der Waals surface area contributed by atoms with E-state index in [1.165, 1.54) is 0 Å². The van der Waals surface area contributed by atoms with Crippen LogP contribution in [0.15, 0.2) is 4.52 Å². The first-order valence-electron chi connectivity index (χ1n) is 5.59. The molecule has 0 spiro atoms. The van der Waals surface area contributed by atoms with Crippen molar-refractivity contribution < 1.29 is 19.2 Å². The largest absolute Gasteiger partial charge is 0.480 e. The van der Waals surface area contributed by atoms with Crippen molar-refractivity contribution >= 4 is 12.0 Å². The van der Waals surface area contributed by atoms with Gasteiger partial charge in [0.2, 0.25) is 5.89 Å². The summed E-state index contributed by atoms with van der Waals surface area (Å²) < 4.78 is 4.73. The van der Waals surface area contributed by atoms with Crippen LogP contribution in [0.5, 0.6) is 0 Å². The number of carboxylic acid groups (broad SMARTS) is 1. The van der Waals surface area contributed by atoms with Gasteiger partial charge in [-0.3, -0.25) is 0 Å². The molecule has 0 fully saturated rings. The summed E-state index contributed by atoms with van der Waals surface area (Å²) in [6.07, 6.45) is 1.05. The molecule has 3 N–H and O–H groups in total. The molecule has 1 atom stereocenters. The Bertz CT molecular complexity index is 418. The van der Waals surface area contributed by atoms with E-state index in [4.69, 9.17) is 9.63 Å². The third kappa shape index (κ3) is 4.40. The lowest BCUT2D eigenvalue weighted by Gasteiger charge is -2.13. The van der Waals surface area contributed by atoms with Gasteiger partial charge >= 0.3 is 12.0 Å². The van der Waals surface area contributed by atoms with Crippen molar-refractivity contribution in [3.05, 3.63) is 11.7 Å². The summed E-state index contributed by atoms with van der Waals surface area (Å²) in [4.78, 5) is 26.2. The van der Waals surface area contributed by atoms with Crippen LogP contribution in [0.1, 0.15) is 31.5 Å². The van der Waals surface area contributed by atoms with E-state index in [0.29, 0.717) is 24.6 Å². The smallest absolute Gasteiger partial charge is 0.326 e. The fourth-order valence-corrected chi connectivity index (χ4v) is 1.33. The van der Waals surface area contributed by atoms with Crippen LogP contribution >= 0.6 is 0 Å². The molecule has 0 aromatic carbocycles. The molecule has 2 amide bonds. The van der Waals surface area contributed by atoms with Crippen LogP contribution in [0, 0.1) is 6.92 Å². The highest BCUT2D eigenvalue weighted by Crippen LogP contribution is 1.97. The van der Waals surface area contributed by atoms with Gasteiger partial charge in [0.1, 0.15) is 6.04 Å². The summed E-state index contributed by atoms with van der Waals surface area (Å²) in [6, 6.07) is -1.46. The lowest BCUT2D eigenvalue weighted by molar-refractivity contribution is -0.139. The maximum absolute atomic E-state index is 11.4. The Morgan fingerprint density at radius 2 is 2.22 bits per heavy atom. The quantitative estimate of drug-likeness (QED) is 0.679. The number of carbonyl (C=O) groups excluding carboxylic acids is 1. The van der Waals surface area contributed by atoms with Gasteiger partial charge in [-0.15, -0.1) is 0 Å². The molecule has 0 bridgehead atoms. The zero-order valence-electron chi connectivity index (χ0n) is 10.3. The van der Waals surface area contributed by atoms with E-state index in [0.717, 1.165) is 0 Å². The standard InChI is InChI=1S/C10H16N4O4/c1-3-4-7(9(15)16)13-10(17)11-5-8-12-6(2)18-14-8/h7H,3-5H2,1-2H3,(H,15,16)(H2,11,13,17)/t7-/m1/s1. The van der Waals surface area contributed by atoms with E-state index in [9.17, 15) is 9.59 Å². The second-order valence-corrected chi connectivity index (χ2v) is 3.74. The molecule has 1 heterocycles. The molecule has 0 aliphatic heterocycles. The first-order chi connectivity index (χ1) is 8.52. The summed E-state index contributed by atoms with van der Waals surface area (Å²) in [5, 5.41) is 17.3. The number of aryl methyl sites for hydroxylation is 1. The number of amides is 2. The third-order valence-electron chi connectivity index (χ3n) is 2.16. The molecular formula is C10H16N4O4. The van der Waals surface area contributed by atoms with E-state index >= 15 is 0 Å². The molecule has 100 valence electrons. The van der Waals surface area contributed by atoms with Gasteiger partial charge in [0.05, 0.1) is 6.54 Å². The number of aromatic nitrogens is 2. The van der Waals surface area contributed by atoms with E-state index < -0.39 is 18.0 Å². The molecule has 0 radical (unpaired) electrons. The van der Waals surface area contributed by atoms with E-state index in [1.807, 2.05) is 6.92 Å². The Kier molecular flexibility index (Phi) is 5.09. The van der Waals surface area contributed by atoms with Crippen molar-refractivity contribution in [2.75, 3.05) is 0 Å². The molecule has 0 saturated carbocycles. The molecular weight excluding hydrogens is 240 g/mol. The van der Waals surface area contributed by atoms with Crippen LogP contribution < -0.4 is 10.6 Å². The number of hydrogen-bond acceptors (Lipinski definition) is 5. The molecule has 1 rings (SSSR count). The molecule has 0 aliphatic rings. The van der Waals surface area contributed by atoms with E-state index in [2.05, 4.69) is 20.8 Å². The second kappa shape index (κ2) is 6.58. The summed E-state index contributed by atoms with van der Waals surface area (Å²) in [5.41, 5.74) is 0. The molecule has 1 aromatic rings. The number of aliphatic carboxylic acids is 1. The SMILES string of the molecule is CCC[C@@H](NC(=O)NCc1noc(C)n1)C(=O)O. The first kappa shape index (κ1) is 13.9. The maximum Gasteiger partial charge on any atom is 0.326 e. The minimum atomic E-state index is -1.05. The van der Waals surface area contributed by atoms with Crippen molar-refractivity contribution in [2.45, 2.75) is 39.3 Å². The minimum absolute atomic E-state index is 0.0850. The monoisotopic (exact) mass is 256 g/mol. The molecule has 8 nitrogen and oxygen atoms in total. The minimum Gasteiger partial charge on any atom is -0.480 e. The van der Waals surface area contributed by atoms with Crippen molar-refractivity contribution in [1.82, 2.24) is 20.8 Å². The van der Waals surface area contributed by atoms with Crippen molar-refractivity contribution in [2.24, 2.45) is 0 Å². The predicted octanol–water partition coefficient (Wildman–Crippen LogP) is 0.431. The van der Waals surface area contributed by atoms with Crippen LogP contribution in [0.2, 0.25) is 0 Å². The van der Waals surface area contributed by atoms with Crippen molar-refractivity contribution in [3.8, 4) is 0 Å². The number of carboxylic acids is 1. The van der Waals surface area contributed by atoms with Gasteiger partial charge < -0.3 is 20.3 Å². The van der Waals surface area contributed by atoms with Crippen molar-refractivity contribution in [1.29, 1.82) is 0 Å². The Labute approximate surface area is 104 Å². The topological polar surface area (TPSA) is 117 Å². The summed E-state index contributed by atoms with van der Waals surface area (Å²) in [6.45, 7) is 3.57. The molecule has 1 aromatic heterocycles. The van der Waals surface area contributed by atoms with Gasteiger partial charge in [-0.25, -0.2) is 9.59 Å². The molecule has 0 saturated heterocycles. The highest BCUT2D eigenvalue weighted by atomic mass is 16.5. The zero-order valence-corrected chi connectivity index (χ0v) is 10.3. The van der Waals surface area contributed by atoms with Crippen LogP contribution in [-0.4, -0.2) is 33.3 Å². The van der Waals surface area contributed by atoms with Gasteiger partial charge in [-0.2, -0.15) is 4.98 Å². The van der Waals surface area contributed by atoms with Gasteiger partial charge in [0, 0.05) is 6.92 Å². The first-order valence-corrected chi connectivity index (χ1v) is 5.59. The van der Waals surface area contributed by atoms with Gasteiger partial charge in [-0.05, 0) is 6.42 Å². The van der Waals surface area contributed by atoms with Crippen LogP contribution in [-0.2, 0) is 11.3 Å². The average Bonchev–Trinajstić information content (AvgIpc) is 2.72. The van der Waals surface area contributed by atoms with Gasteiger partial charge in [-0.1, -0.05) is 18.5 Å². The fraction of sp³-hybridized carbons (Fsp3) is 0.600. The van der Waals surface area contributed by atoms with Crippen LogP contribution in [0.25, 0.3) is 0 Å². The summed E-state index contributed by atoms with van der Waals surface area (Å²) in [5.74, 6) is -0.311. The van der Waals surface area contributed by atoms with Crippen LogP contribution in [0.4, 0.5) is 4.79 Å². The fourth-order valence-electron chi connectivity index (χ4n) is 1.33. The normalized spacial score (nSPS) is 11.9. The Balaban J connectivity index is 2.38. The van der Waals surface area contributed by atoms with Gasteiger partial charge in [0.25, 0.3) is 0 Å². The second-order valence-electron chi connectivity index (χ2n) is 3.74. The average molecular weight is 256 g/mol. The Morgan fingerprint density at radius 3 is 2.72 bits per heavy atom. The number of hydrogen-bond donors (Lipinski definition) is 3. The third-order valence-corrected chi connectivity index (χ3v) is 2.16. The highest BCUT2D eigenvalue weighted by Gasteiger charge is 2.18. The number of nitrogens with one attached hydrogen (secondary N) is 2. The van der Waals surface area contributed by atoms with Crippen LogP contribution in [0.3, 0.4) is 0 Å². The number of carbonyl (C=O) groups is 2. The zero-order chi connectivity index (χ0) is 13.5. The molecule has 8 heteroatoms. The van der Waals surface area contributed by atoms with Gasteiger partial charge in [0.15, 0.2) is 5.82 Å². The van der Waals surface area contributed by atoms with E-state index in [-0.39, 0.29) is 6.54 Å². The lowest BCUT2D eigenvalue weighted by atomic mass is 10.2. The van der Waals surface area contributed by atoms with E-state index in [1.54, 1.807) is 6.92 Å². The number of nitrogens with zero attached hydrogens (tertiary/aromatic N) is 2. The number of urea groups is 1. The Hall–Kier alpha value is -2.12. The molecule has 0 aliphatic carbocycles.